The summed E-state index contributed by atoms with van der Waals surface area (Å²) in [6.45, 7) is 3.03. The van der Waals surface area contributed by atoms with Gasteiger partial charge in [0.1, 0.15) is 5.75 Å². The summed E-state index contributed by atoms with van der Waals surface area (Å²) in [5.41, 5.74) is 6.38. The van der Waals surface area contributed by atoms with E-state index in [1.807, 2.05) is 31.2 Å². The molecule has 0 saturated heterocycles. The number of hydrogen-bond donors (Lipinski definition) is 1. The number of benzene rings is 1. The average Bonchev–Trinajstić information content (AvgIpc) is 2.47. The summed E-state index contributed by atoms with van der Waals surface area (Å²) >= 11 is 0. The van der Waals surface area contributed by atoms with Gasteiger partial charge >= 0.3 is 5.97 Å². The van der Waals surface area contributed by atoms with Crippen LogP contribution in [0.1, 0.15) is 32.6 Å². The zero-order valence-corrected chi connectivity index (χ0v) is 12.0. The molecule has 1 aliphatic rings. The number of rotatable bonds is 5. The average molecular weight is 277 g/mol. The number of carbonyl (C=O) groups excluding carboxylic acids is 1. The first-order valence-electron chi connectivity index (χ1n) is 7.34. The lowest BCUT2D eigenvalue weighted by Crippen LogP contribution is -2.26. The number of anilines is 1. The standard InChI is InChI=1S/C16H23NO3/c1-2-19-16(18)13-5-3-12(4-6-13)11-20-15-9-7-14(17)8-10-15/h7-10,12-13H,2-6,11,17H2,1H3. The lowest BCUT2D eigenvalue weighted by molar-refractivity contribution is -0.149. The molecule has 1 aromatic carbocycles. The lowest BCUT2D eigenvalue weighted by atomic mass is 9.82. The Morgan fingerprint density at radius 2 is 1.85 bits per heavy atom. The first-order valence-corrected chi connectivity index (χ1v) is 7.34. The molecule has 1 saturated carbocycles. The molecular weight excluding hydrogens is 254 g/mol. The predicted molar refractivity (Wildman–Crippen MR) is 78.4 cm³/mol. The van der Waals surface area contributed by atoms with Crippen molar-refractivity contribution in [3.05, 3.63) is 24.3 Å². The van der Waals surface area contributed by atoms with Crippen molar-refractivity contribution in [2.24, 2.45) is 11.8 Å². The molecule has 0 aliphatic heterocycles. The van der Waals surface area contributed by atoms with Crippen LogP contribution in [0, 0.1) is 11.8 Å². The second kappa shape index (κ2) is 7.17. The summed E-state index contributed by atoms with van der Waals surface area (Å²) in [7, 11) is 0. The first-order chi connectivity index (χ1) is 9.69. The Labute approximate surface area is 120 Å². The van der Waals surface area contributed by atoms with Crippen LogP contribution in [-0.2, 0) is 9.53 Å². The molecule has 1 fully saturated rings. The second-order valence-electron chi connectivity index (χ2n) is 5.35. The van der Waals surface area contributed by atoms with Gasteiger partial charge in [0.25, 0.3) is 0 Å². The molecule has 0 heterocycles. The van der Waals surface area contributed by atoms with Gasteiger partial charge in [-0.1, -0.05) is 0 Å². The maximum atomic E-state index is 11.7. The molecule has 4 nitrogen and oxygen atoms in total. The molecule has 110 valence electrons. The Hall–Kier alpha value is -1.71. The molecule has 2 rings (SSSR count). The highest BCUT2D eigenvalue weighted by molar-refractivity contribution is 5.72. The minimum absolute atomic E-state index is 0.0367. The molecule has 4 heteroatoms. The first kappa shape index (κ1) is 14.7. The van der Waals surface area contributed by atoms with Gasteiger partial charge in [-0.25, -0.2) is 0 Å². The fourth-order valence-corrected chi connectivity index (χ4v) is 2.60. The van der Waals surface area contributed by atoms with E-state index in [1.54, 1.807) is 0 Å². The molecule has 0 amide bonds. The normalized spacial score (nSPS) is 22.2. The van der Waals surface area contributed by atoms with Crippen LogP contribution < -0.4 is 10.5 Å². The number of carbonyl (C=O) groups is 1. The Bertz CT molecular complexity index is 422. The third-order valence-corrected chi connectivity index (χ3v) is 3.83. The van der Waals surface area contributed by atoms with Crippen molar-refractivity contribution in [2.45, 2.75) is 32.6 Å². The van der Waals surface area contributed by atoms with E-state index in [2.05, 4.69) is 0 Å². The fourth-order valence-electron chi connectivity index (χ4n) is 2.60. The van der Waals surface area contributed by atoms with Gasteiger partial charge in [-0.2, -0.15) is 0 Å². The van der Waals surface area contributed by atoms with E-state index in [4.69, 9.17) is 15.2 Å². The van der Waals surface area contributed by atoms with E-state index in [0.717, 1.165) is 37.1 Å². The number of ether oxygens (including phenoxy) is 2. The van der Waals surface area contributed by atoms with Crippen LogP contribution in [-0.4, -0.2) is 19.2 Å². The molecule has 0 unspecified atom stereocenters. The van der Waals surface area contributed by atoms with Crippen molar-refractivity contribution >= 4 is 11.7 Å². The minimum atomic E-state index is -0.0367. The van der Waals surface area contributed by atoms with Gasteiger partial charge in [0.15, 0.2) is 0 Å². The molecule has 0 radical (unpaired) electrons. The van der Waals surface area contributed by atoms with Crippen LogP contribution in [0.15, 0.2) is 24.3 Å². The maximum absolute atomic E-state index is 11.7. The number of esters is 1. The Morgan fingerprint density at radius 3 is 2.45 bits per heavy atom. The maximum Gasteiger partial charge on any atom is 0.308 e. The summed E-state index contributed by atoms with van der Waals surface area (Å²) in [4.78, 5) is 11.7. The monoisotopic (exact) mass is 277 g/mol. The Morgan fingerprint density at radius 1 is 1.20 bits per heavy atom. The molecule has 0 bridgehead atoms. The van der Waals surface area contributed by atoms with Gasteiger partial charge in [0, 0.05) is 5.69 Å². The van der Waals surface area contributed by atoms with Gasteiger partial charge in [-0.05, 0) is 62.8 Å². The lowest BCUT2D eigenvalue weighted by Gasteiger charge is -2.27. The second-order valence-corrected chi connectivity index (χ2v) is 5.35. The zero-order chi connectivity index (χ0) is 14.4. The summed E-state index contributed by atoms with van der Waals surface area (Å²) in [5, 5.41) is 0. The zero-order valence-electron chi connectivity index (χ0n) is 12.0. The van der Waals surface area contributed by atoms with Crippen molar-refractivity contribution in [3.63, 3.8) is 0 Å². The smallest absolute Gasteiger partial charge is 0.308 e. The van der Waals surface area contributed by atoms with Crippen molar-refractivity contribution in [3.8, 4) is 5.75 Å². The topological polar surface area (TPSA) is 61.5 Å². The Kier molecular flexibility index (Phi) is 5.27. The third kappa shape index (κ3) is 4.15. The largest absolute Gasteiger partial charge is 0.493 e. The molecular formula is C16H23NO3. The van der Waals surface area contributed by atoms with Crippen LogP contribution in [0.5, 0.6) is 5.75 Å². The molecule has 0 aromatic heterocycles. The van der Waals surface area contributed by atoms with E-state index in [0.29, 0.717) is 19.1 Å². The van der Waals surface area contributed by atoms with E-state index < -0.39 is 0 Å². The molecule has 0 atom stereocenters. The SMILES string of the molecule is CCOC(=O)C1CCC(COc2ccc(N)cc2)CC1. The summed E-state index contributed by atoms with van der Waals surface area (Å²) in [6, 6.07) is 7.46. The van der Waals surface area contributed by atoms with Crippen LogP contribution in [0.25, 0.3) is 0 Å². The Balaban J connectivity index is 1.72. The summed E-state index contributed by atoms with van der Waals surface area (Å²) in [5.74, 6) is 1.43. The third-order valence-electron chi connectivity index (χ3n) is 3.83. The predicted octanol–water partition coefficient (Wildman–Crippen LogP) is 3.02. The van der Waals surface area contributed by atoms with Gasteiger partial charge < -0.3 is 15.2 Å². The number of nitrogen functional groups attached to an aromatic ring is 1. The van der Waals surface area contributed by atoms with Gasteiger partial charge in [0.05, 0.1) is 19.1 Å². The van der Waals surface area contributed by atoms with Crippen LogP contribution in [0.4, 0.5) is 5.69 Å². The van der Waals surface area contributed by atoms with Gasteiger partial charge in [-0.15, -0.1) is 0 Å². The highest BCUT2D eigenvalue weighted by atomic mass is 16.5. The molecule has 2 N–H and O–H groups in total. The van der Waals surface area contributed by atoms with Crippen molar-refractivity contribution in [1.82, 2.24) is 0 Å². The molecule has 20 heavy (non-hydrogen) atoms. The van der Waals surface area contributed by atoms with Crippen LogP contribution in [0.2, 0.25) is 0 Å². The van der Waals surface area contributed by atoms with Gasteiger partial charge in [-0.3, -0.25) is 4.79 Å². The van der Waals surface area contributed by atoms with Crippen molar-refractivity contribution in [2.75, 3.05) is 18.9 Å². The highest BCUT2D eigenvalue weighted by Crippen LogP contribution is 2.30. The summed E-state index contributed by atoms with van der Waals surface area (Å²) < 4.78 is 10.8. The fraction of sp³-hybridized carbons (Fsp3) is 0.562. The minimum Gasteiger partial charge on any atom is -0.493 e. The van der Waals surface area contributed by atoms with Crippen molar-refractivity contribution < 1.29 is 14.3 Å². The van der Waals surface area contributed by atoms with E-state index in [9.17, 15) is 4.79 Å². The highest BCUT2D eigenvalue weighted by Gasteiger charge is 2.27. The van der Waals surface area contributed by atoms with Crippen LogP contribution >= 0.6 is 0 Å². The van der Waals surface area contributed by atoms with E-state index >= 15 is 0 Å². The van der Waals surface area contributed by atoms with Crippen molar-refractivity contribution in [1.29, 1.82) is 0 Å². The van der Waals surface area contributed by atoms with Gasteiger partial charge in [0.2, 0.25) is 0 Å². The quantitative estimate of drug-likeness (QED) is 0.664. The number of nitrogens with two attached hydrogens (primary N) is 1. The molecule has 0 spiro atoms. The molecule has 1 aliphatic carbocycles. The summed E-state index contributed by atoms with van der Waals surface area (Å²) in [6.07, 6.45) is 3.88. The molecule has 1 aromatic rings. The van der Waals surface area contributed by atoms with E-state index in [-0.39, 0.29) is 11.9 Å². The van der Waals surface area contributed by atoms with Crippen LogP contribution in [0.3, 0.4) is 0 Å². The number of hydrogen-bond acceptors (Lipinski definition) is 4. The van der Waals surface area contributed by atoms with E-state index in [1.165, 1.54) is 0 Å².